The van der Waals surface area contributed by atoms with Gasteiger partial charge in [-0.05, 0) is 19.1 Å². The van der Waals surface area contributed by atoms with Gasteiger partial charge in [-0.15, -0.1) is 18.2 Å². The first-order chi connectivity index (χ1) is 9.62. The third-order valence-corrected chi connectivity index (χ3v) is 3.74. The summed E-state index contributed by atoms with van der Waals surface area (Å²) >= 11 is 1.48. The van der Waals surface area contributed by atoms with E-state index in [1.54, 1.807) is 14.2 Å². The zero-order chi connectivity index (χ0) is 15.0. The van der Waals surface area contributed by atoms with E-state index in [-0.39, 0.29) is 24.0 Å². The van der Waals surface area contributed by atoms with E-state index in [1.165, 1.54) is 11.8 Å². The summed E-state index contributed by atoms with van der Waals surface area (Å²) in [6, 6.07) is 7.73. The van der Waals surface area contributed by atoms with Gasteiger partial charge in [0.2, 0.25) is 5.91 Å². The molecule has 0 aromatic heterocycles. The smallest absolute Gasteiger partial charge is 0.233 e. The molecule has 1 atom stereocenters. The second kappa shape index (κ2) is 8.64. The topological polar surface area (TPSA) is 47.6 Å². The average molecular weight is 293 g/mol. The molecule has 0 fully saturated rings. The maximum Gasteiger partial charge on any atom is 0.233 e. The quantitative estimate of drug-likeness (QED) is 0.476. The van der Waals surface area contributed by atoms with Crippen LogP contribution in [0.15, 0.2) is 29.2 Å². The highest BCUT2D eigenvalue weighted by Gasteiger charge is 2.14. The summed E-state index contributed by atoms with van der Waals surface area (Å²) in [4.78, 5) is 12.7. The van der Waals surface area contributed by atoms with Gasteiger partial charge in [0.25, 0.3) is 0 Å². The van der Waals surface area contributed by atoms with Crippen molar-refractivity contribution in [2.24, 2.45) is 0 Å². The summed E-state index contributed by atoms with van der Waals surface area (Å²) in [6.07, 6.45) is 4.74. The minimum absolute atomic E-state index is 0.0660. The second-order valence-corrected chi connectivity index (χ2v) is 5.47. The van der Waals surface area contributed by atoms with Crippen LogP contribution in [0.2, 0.25) is 0 Å². The summed E-state index contributed by atoms with van der Waals surface area (Å²) in [5.74, 6) is 2.32. The first-order valence-corrected chi connectivity index (χ1v) is 7.03. The molecule has 4 nitrogen and oxygen atoms in total. The van der Waals surface area contributed by atoms with Gasteiger partial charge in [-0.2, -0.15) is 0 Å². The lowest BCUT2D eigenvalue weighted by Gasteiger charge is -2.15. The summed E-state index contributed by atoms with van der Waals surface area (Å²) in [5, 5.41) is 2.47. The third kappa shape index (κ3) is 4.89. The van der Waals surface area contributed by atoms with E-state index in [1.807, 2.05) is 31.2 Å². The van der Waals surface area contributed by atoms with Crippen LogP contribution < -0.4 is 5.32 Å². The van der Waals surface area contributed by atoms with E-state index in [0.717, 1.165) is 10.5 Å². The largest absolute Gasteiger partial charge is 0.352 e. The number of benzene rings is 1. The summed E-state index contributed by atoms with van der Waals surface area (Å²) in [7, 11) is 3.18. The van der Waals surface area contributed by atoms with E-state index < -0.39 is 0 Å². The predicted molar refractivity (Wildman–Crippen MR) is 80.4 cm³/mol. The number of terminal acetylenes is 1. The van der Waals surface area contributed by atoms with Crippen molar-refractivity contribution in [3.05, 3.63) is 29.8 Å². The summed E-state index contributed by atoms with van der Waals surface area (Å²) < 4.78 is 10.4. The van der Waals surface area contributed by atoms with Crippen molar-refractivity contribution in [1.29, 1.82) is 0 Å². The molecule has 0 aliphatic carbocycles. The number of carbonyl (C=O) groups is 1. The van der Waals surface area contributed by atoms with E-state index in [2.05, 4.69) is 11.2 Å². The van der Waals surface area contributed by atoms with Crippen LogP contribution in [0.1, 0.15) is 18.8 Å². The predicted octanol–water partition coefficient (Wildman–Crippen LogP) is 2.21. The van der Waals surface area contributed by atoms with Crippen molar-refractivity contribution in [1.82, 2.24) is 5.32 Å². The minimum atomic E-state index is -0.370. The fourth-order valence-electron chi connectivity index (χ4n) is 1.61. The van der Waals surface area contributed by atoms with E-state index >= 15 is 0 Å². The van der Waals surface area contributed by atoms with Crippen molar-refractivity contribution in [2.75, 3.05) is 20.8 Å². The summed E-state index contributed by atoms with van der Waals surface area (Å²) in [6.45, 7) is 2.10. The van der Waals surface area contributed by atoms with E-state index in [9.17, 15) is 4.79 Å². The Labute approximate surface area is 124 Å². The van der Waals surface area contributed by atoms with Crippen molar-refractivity contribution in [3.63, 3.8) is 0 Å². The van der Waals surface area contributed by atoms with Gasteiger partial charge in [0, 0.05) is 24.7 Å². The van der Waals surface area contributed by atoms with Gasteiger partial charge in [-0.3, -0.25) is 4.79 Å². The average Bonchev–Trinajstić information content (AvgIpc) is 2.47. The number of rotatable bonds is 7. The highest BCUT2D eigenvalue weighted by Crippen LogP contribution is 2.26. The van der Waals surface area contributed by atoms with Crippen LogP contribution in [0.5, 0.6) is 0 Å². The Hall–Kier alpha value is -1.48. The van der Waals surface area contributed by atoms with Gasteiger partial charge < -0.3 is 14.8 Å². The van der Waals surface area contributed by atoms with Crippen LogP contribution >= 0.6 is 11.8 Å². The van der Waals surface area contributed by atoms with E-state index in [4.69, 9.17) is 15.9 Å². The van der Waals surface area contributed by atoms with Crippen LogP contribution in [0.25, 0.3) is 0 Å². The van der Waals surface area contributed by atoms with Crippen molar-refractivity contribution < 1.29 is 14.3 Å². The molecule has 5 heteroatoms. The first-order valence-electron chi connectivity index (χ1n) is 6.15. The van der Waals surface area contributed by atoms with Crippen molar-refractivity contribution in [2.45, 2.75) is 23.4 Å². The standard InChI is InChI=1S/C15H19NO3S/c1-5-10-16-14(17)11(2)20-13-8-6-12(7-9-13)15(18-3)19-4/h1,6-9,11,15H,10H2,2-4H3,(H,16,17). The molecule has 0 spiro atoms. The van der Waals surface area contributed by atoms with Crippen LogP contribution in [-0.4, -0.2) is 31.9 Å². The Bertz CT molecular complexity index is 463. The molecular formula is C15H19NO3S. The van der Waals surface area contributed by atoms with Gasteiger partial charge in [0.1, 0.15) is 0 Å². The molecule has 1 amide bonds. The number of amides is 1. The Balaban J connectivity index is 2.61. The fourth-order valence-corrected chi connectivity index (χ4v) is 2.50. The van der Waals surface area contributed by atoms with Crippen LogP contribution in [0.4, 0.5) is 0 Å². The Morgan fingerprint density at radius 2 is 1.95 bits per heavy atom. The molecule has 0 aliphatic rings. The molecule has 1 aromatic rings. The zero-order valence-corrected chi connectivity index (χ0v) is 12.7. The normalized spacial score (nSPS) is 11.9. The van der Waals surface area contributed by atoms with E-state index in [0.29, 0.717) is 0 Å². The highest BCUT2D eigenvalue weighted by atomic mass is 32.2. The van der Waals surface area contributed by atoms with Gasteiger partial charge >= 0.3 is 0 Å². The molecule has 0 saturated carbocycles. The molecule has 1 N–H and O–H groups in total. The molecule has 0 aliphatic heterocycles. The maximum atomic E-state index is 11.7. The maximum absolute atomic E-state index is 11.7. The van der Waals surface area contributed by atoms with Gasteiger partial charge in [0.15, 0.2) is 6.29 Å². The summed E-state index contributed by atoms with van der Waals surface area (Å²) in [5.41, 5.74) is 0.934. The number of nitrogens with one attached hydrogen (secondary N) is 1. The number of carbonyl (C=O) groups excluding carboxylic acids is 1. The molecule has 0 heterocycles. The molecule has 0 radical (unpaired) electrons. The van der Waals surface area contributed by atoms with Gasteiger partial charge in [-0.25, -0.2) is 0 Å². The van der Waals surface area contributed by atoms with Crippen molar-refractivity contribution >= 4 is 17.7 Å². The Morgan fingerprint density at radius 3 is 2.45 bits per heavy atom. The molecule has 1 unspecified atom stereocenters. The fraction of sp³-hybridized carbons (Fsp3) is 0.400. The van der Waals surface area contributed by atoms with Crippen LogP contribution in [0.3, 0.4) is 0 Å². The Morgan fingerprint density at radius 1 is 1.35 bits per heavy atom. The number of ether oxygens (including phenoxy) is 2. The lowest BCUT2D eigenvalue weighted by atomic mass is 10.2. The van der Waals surface area contributed by atoms with Crippen LogP contribution in [0, 0.1) is 12.3 Å². The number of thioether (sulfide) groups is 1. The molecule has 1 rings (SSSR count). The SMILES string of the molecule is C#CCNC(=O)C(C)Sc1ccc(C(OC)OC)cc1. The Kier molecular flexibility index (Phi) is 7.16. The number of hydrogen-bond donors (Lipinski definition) is 1. The number of hydrogen-bond acceptors (Lipinski definition) is 4. The lowest BCUT2D eigenvalue weighted by molar-refractivity contribution is -0.120. The monoisotopic (exact) mass is 293 g/mol. The van der Waals surface area contributed by atoms with Gasteiger partial charge in [-0.1, -0.05) is 18.1 Å². The van der Waals surface area contributed by atoms with Gasteiger partial charge in [0.05, 0.1) is 11.8 Å². The highest BCUT2D eigenvalue weighted by molar-refractivity contribution is 8.00. The molecule has 20 heavy (non-hydrogen) atoms. The lowest BCUT2D eigenvalue weighted by Crippen LogP contribution is -2.30. The molecule has 0 saturated heterocycles. The van der Waals surface area contributed by atoms with Crippen LogP contribution in [-0.2, 0) is 14.3 Å². The number of methoxy groups -OCH3 is 2. The first kappa shape index (κ1) is 16.6. The second-order valence-electron chi connectivity index (χ2n) is 4.05. The minimum Gasteiger partial charge on any atom is -0.352 e. The third-order valence-electron chi connectivity index (χ3n) is 2.63. The zero-order valence-electron chi connectivity index (χ0n) is 11.9. The molecular weight excluding hydrogens is 274 g/mol. The molecule has 0 bridgehead atoms. The van der Waals surface area contributed by atoms with Crippen molar-refractivity contribution in [3.8, 4) is 12.3 Å². The molecule has 108 valence electrons. The molecule has 1 aromatic carbocycles.